The van der Waals surface area contributed by atoms with Gasteiger partial charge in [0.15, 0.2) is 0 Å². The second-order valence-electron chi connectivity index (χ2n) is 5.38. The summed E-state index contributed by atoms with van der Waals surface area (Å²) >= 11 is 0. The van der Waals surface area contributed by atoms with Crippen molar-refractivity contribution in [3.63, 3.8) is 0 Å². The predicted octanol–water partition coefficient (Wildman–Crippen LogP) is -0.715. The van der Waals surface area contributed by atoms with Gasteiger partial charge in [0.25, 0.3) is 0 Å². The van der Waals surface area contributed by atoms with Crippen molar-refractivity contribution in [1.82, 2.24) is 14.7 Å². The summed E-state index contributed by atoms with van der Waals surface area (Å²) in [6.07, 6.45) is 0. The fourth-order valence-corrected chi connectivity index (χ4v) is 2.35. The summed E-state index contributed by atoms with van der Waals surface area (Å²) in [5.74, 6) is 0.684. The van der Waals surface area contributed by atoms with E-state index >= 15 is 0 Å². The van der Waals surface area contributed by atoms with Crippen LogP contribution >= 0.6 is 0 Å². The lowest BCUT2D eigenvalue weighted by molar-refractivity contribution is -0.134. The average molecular weight is 242 g/mol. The number of nitrogens with two attached hydrogens (primary N) is 1. The molecule has 0 aliphatic carbocycles. The number of rotatable bonds is 4. The van der Waals surface area contributed by atoms with E-state index in [2.05, 4.69) is 16.7 Å². The summed E-state index contributed by atoms with van der Waals surface area (Å²) in [4.78, 5) is 18.5. The van der Waals surface area contributed by atoms with Gasteiger partial charge >= 0.3 is 0 Å². The Labute approximate surface area is 105 Å². The normalized spacial score (nSPS) is 27.6. The van der Waals surface area contributed by atoms with Crippen LogP contribution in [0, 0.1) is 5.92 Å². The zero-order chi connectivity index (χ0) is 13.0. The van der Waals surface area contributed by atoms with Crippen LogP contribution in [0.5, 0.6) is 0 Å². The second kappa shape index (κ2) is 6.33. The molecular weight excluding hydrogens is 216 g/mol. The molecule has 1 amide bonds. The van der Waals surface area contributed by atoms with Crippen LogP contribution in [0.25, 0.3) is 0 Å². The predicted molar refractivity (Wildman–Crippen MR) is 69.8 cm³/mol. The molecule has 1 saturated heterocycles. The Kier molecular flexibility index (Phi) is 5.36. The first-order chi connectivity index (χ1) is 7.95. The van der Waals surface area contributed by atoms with E-state index in [0.717, 1.165) is 26.2 Å². The van der Waals surface area contributed by atoms with Crippen LogP contribution < -0.4 is 5.73 Å². The molecule has 0 aromatic heterocycles. The summed E-state index contributed by atoms with van der Waals surface area (Å²) in [7, 11) is 6.04. The van der Waals surface area contributed by atoms with Crippen LogP contribution in [0.2, 0.25) is 0 Å². The second-order valence-corrected chi connectivity index (χ2v) is 5.38. The van der Waals surface area contributed by atoms with Crippen LogP contribution in [-0.2, 0) is 4.79 Å². The Hall–Kier alpha value is -0.650. The summed E-state index contributed by atoms with van der Waals surface area (Å²) in [5.41, 5.74) is 5.72. The van der Waals surface area contributed by atoms with Gasteiger partial charge in [0.05, 0.1) is 0 Å². The molecule has 0 spiro atoms. The molecule has 1 fully saturated rings. The van der Waals surface area contributed by atoms with E-state index in [9.17, 15) is 4.79 Å². The third-order valence-electron chi connectivity index (χ3n) is 3.30. The monoisotopic (exact) mass is 242 g/mol. The van der Waals surface area contributed by atoms with Crippen LogP contribution in [0.3, 0.4) is 0 Å². The Morgan fingerprint density at radius 3 is 2.59 bits per heavy atom. The van der Waals surface area contributed by atoms with E-state index in [1.165, 1.54) is 0 Å². The van der Waals surface area contributed by atoms with Crippen molar-refractivity contribution in [2.75, 3.05) is 53.9 Å². The van der Waals surface area contributed by atoms with Gasteiger partial charge in [-0.05, 0) is 27.1 Å². The van der Waals surface area contributed by atoms with Gasteiger partial charge in [0.1, 0.15) is 6.04 Å². The van der Waals surface area contributed by atoms with Gasteiger partial charge in [-0.15, -0.1) is 0 Å². The Morgan fingerprint density at radius 1 is 1.41 bits per heavy atom. The highest BCUT2D eigenvalue weighted by Gasteiger charge is 2.31. The van der Waals surface area contributed by atoms with E-state index in [-0.39, 0.29) is 11.9 Å². The zero-order valence-corrected chi connectivity index (χ0v) is 11.5. The first-order valence-electron chi connectivity index (χ1n) is 6.29. The highest BCUT2D eigenvalue weighted by Crippen LogP contribution is 2.13. The van der Waals surface area contributed by atoms with Crippen molar-refractivity contribution in [2.24, 2.45) is 11.7 Å². The van der Waals surface area contributed by atoms with Gasteiger partial charge in [-0.2, -0.15) is 0 Å². The van der Waals surface area contributed by atoms with Crippen molar-refractivity contribution in [3.8, 4) is 0 Å². The van der Waals surface area contributed by atoms with Gasteiger partial charge in [0, 0.05) is 32.7 Å². The molecule has 1 rings (SSSR count). The first kappa shape index (κ1) is 14.4. The van der Waals surface area contributed by atoms with E-state index in [4.69, 9.17) is 5.73 Å². The van der Waals surface area contributed by atoms with Crippen LogP contribution in [0.1, 0.15) is 6.92 Å². The van der Waals surface area contributed by atoms with Crippen molar-refractivity contribution in [3.05, 3.63) is 0 Å². The molecule has 0 saturated carbocycles. The molecule has 5 nitrogen and oxygen atoms in total. The van der Waals surface area contributed by atoms with Crippen molar-refractivity contribution >= 4 is 5.91 Å². The number of amides is 1. The van der Waals surface area contributed by atoms with Gasteiger partial charge in [0.2, 0.25) is 5.91 Å². The number of hydrogen-bond donors (Lipinski definition) is 1. The highest BCUT2D eigenvalue weighted by atomic mass is 16.2. The lowest BCUT2D eigenvalue weighted by Crippen LogP contribution is -2.49. The van der Waals surface area contributed by atoms with Gasteiger partial charge in [-0.1, -0.05) is 6.92 Å². The minimum atomic E-state index is -0.151. The number of likely N-dealkylation sites (N-methyl/N-ethyl adjacent to an activating group) is 2. The third-order valence-corrected chi connectivity index (χ3v) is 3.30. The van der Waals surface area contributed by atoms with E-state index in [1.54, 1.807) is 0 Å². The SMILES string of the molecule is CC1CN(CCN(C)C)C(=O)C(CN)N(C)C1. The molecule has 2 N–H and O–H groups in total. The van der Waals surface area contributed by atoms with Crippen LogP contribution in [-0.4, -0.2) is 80.5 Å². The van der Waals surface area contributed by atoms with Crippen LogP contribution in [0.15, 0.2) is 0 Å². The molecule has 0 aromatic rings. The highest BCUT2D eigenvalue weighted by molar-refractivity contribution is 5.82. The van der Waals surface area contributed by atoms with Gasteiger partial charge in [-0.3, -0.25) is 9.69 Å². The molecule has 2 unspecified atom stereocenters. The largest absolute Gasteiger partial charge is 0.340 e. The molecule has 0 bridgehead atoms. The summed E-state index contributed by atoms with van der Waals surface area (Å²) in [6.45, 7) is 6.06. The fourth-order valence-electron chi connectivity index (χ4n) is 2.35. The third kappa shape index (κ3) is 3.94. The number of carbonyl (C=O) groups is 1. The van der Waals surface area contributed by atoms with E-state index < -0.39 is 0 Å². The maximum atomic E-state index is 12.3. The lowest BCUT2D eigenvalue weighted by atomic mass is 10.1. The van der Waals surface area contributed by atoms with Crippen molar-refractivity contribution in [1.29, 1.82) is 0 Å². The zero-order valence-electron chi connectivity index (χ0n) is 11.5. The van der Waals surface area contributed by atoms with E-state index in [0.29, 0.717) is 12.5 Å². The Balaban J connectivity index is 2.70. The van der Waals surface area contributed by atoms with Gasteiger partial charge < -0.3 is 15.5 Å². The van der Waals surface area contributed by atoms with Crippen molar-refractivity contribution < 1.29 is 4.79 Å². The first-order valence-corrected chi connectivity index (χ1v) is 6.29. The minimum Gasteiger partial charge on any atom is -0.340 e. The molecule has 17 heavy (non-hydrogen) atoms. The molecule has 0 aromatic carbocycles. The summed E-state index contributed by atoms with van der Waals surface area (Å²) < 4.78 is 0. The Bertz CT molecular complexity index is 257. The lowest BCUT2D eigenvalue weighted by Gasteiger charge is -2.27. The van der Waals surface area contributed by atoms with Crippen LogP contribution in [0.4, 0.5) is 0 Å². The molecule has 2 atom stereocenters. The summed E-state index contributed by atoms with van der Waals surface area (Å²) in [5, 5.41) is 0. The maximum absolute atomic E-state index is 12.3. The van der Waals surface area contributed by atoms with Crippen molar-refractivity contribution in [2.45, 2.75) is 13.0 Å². The van der Waals surface area contributed by atoms with Gasteiger partial charge in [-0.25, -0.2) is 0 Å². The molecule has 100 valence electrons. The fraction of sp³-hybridized carbons (Fsp3) is 0.917. The molecular formula is C12H26N4O. The molecule has 1 aliphatic rings. The molecule has 1 heterocycles. The quantitative estimate of drug-likeness (QED) is 0.707. The summed E-state index contributed by atoms with van der Waals surface area (Å²) in [6, 6.07) is -0.151. The minimum absolute atomic E-state index is 0.151. The number of carbonyl (C=O) groups excluding carboxylic acids is 1. The topological polar surface area (TPSA) is 52.8 Å². The molecule has 1 aliphatic heterocycles. The smallest absolute Gasteiger partial charge is 0.241 e. The Morgan fingerprint density at radius 2 is 2.06 bits per heavy atom. The number of nitrogens with zero attached hydrogens (tertiary/aromatic N) is 3. The maximum Gasteiger partial charge on any atom is 0.241 e. The number of hydrogen-bond acceptors (Lipinski definition) is 4. The molecule has 5 heteroatoms. The average Bonchev–Trinajstić information content (AvgIpc) is 2.33. The standard InChI is InChI=1S/C12H26N4O/c1-10-8-15(4)11(7-13)12(17)16(9-10)6-5-14(2)3/h10-11H,5-9,13H2,1-4H3. The van der Waals surface area contributed by atoms with E-state index in [1.807, 2.05) is 26.0 Å². The molecule has 0 radical (unpaired) electrons.